The summed E-state index contributed by atoms with van der Waals surface area (Å²) in [5.74, 6) is 0. The van der Waals surface area contributed by atoms with Gasteiger partial charge in [0.15, 0.2) is 0 Å². The Kier molecular flexibility index (Phi) is 2.16. The SMILES string of the molecule is CC(C)(N)c1coc2c(Br)cccc12. The summed E-state index contributed by atoms with van der Waals surface area (Å²) >= 11 is 3.44. The van der Waals surface area contributed by atoms with Crippen molar-refractivity contribution in [3.63, 3.8) is 0 Å². The lowest BCUT2D eigenvalue weighted by Crippen LogP contribution is -2.28. The molecule has 0 aliphatic rings. The Morgan fingerprint density at radius 3 is 2.71 bits per heavy atom. The Balaban J connectivity index is 2.76. The van der Waals surface area contributed by atoms with Crippen LogP contribution in [0.15, 0.2) is 33.4 Å². The molecule has 74 valence electrons. The molecule has 2 aromatic rings. The van der Waals surface area contributed by atoms with Gasteiger partial charge in [-0.25, -0.2) is 0 Å². The summed E-state index contributed by atoms with van der Waals surface area (Å²) in [6.07, 6.45) is 1.73. The summed E-state index contributed by atoms with van der Waals surface area (Å²) in [5.41, 5.74) is 7.57. The number of hydrogen-bond donors (Lipinski definition) is 1. The third-order valence-electron chi connectivity index (χ3n) is 2.25. The van der Waals surface area contributed by atoms with Crippen LogP contribution in [0.2, 0.25) is 0 Å². The number of nitrogens with two attached hydrogens (primary N) is 1. The van der Waals surface area contributed by atoms with Crippen LogP contribution < -0.4 is 5.73 Å². The molecule has 3 heteroatoms. The molecule has 1 heterocycles. The lowest BCUT2D eigenvalue weighted by molar-refractivity contribution is 0.534. The topological polar surface area (TPSA) is 39.2 Å². The number of hydrogen-bond acceptors (Lipinski definition) is 2. The molecule has 0 radical (unpaired) electrons. The van der Waals surface area contributed by atoms with Gasteiger partial charge in [-0.15, -0.1) is 0 Å². The van der Waals surface area contributed by atoms with Crippen LogP contribution in [0.1, 0.15) is 19.4 Å². The summed E-state index contributed by atoms with van der Waals surface area (Å²) in [7, 11) is 0. The predicted molar refractivity (Wildman–Crippen MR) is 61.1 cm³/mol. The molecule has 0 aliphatic heterocycles. The first-order chi connectivity index (χ1) is 6.50. The molecule has 0 unspecified atom stereocenters. The van der Waals surface area contributed by atoms with Crippen LogP contribution in [-0.4, -0.2) is 0 Å². The first-order valence-corrected chi connectivity index (χ1v) is 5.24. The van der Waals surface area contributed by atoms with E-state index in [0.717, 1.165) is 21.0 Å². The minimum absolute atomic E-state index is 0.369. The van der Waals surface area contributed by atoms with Gasteiger partial charge in [-0.05, 0) is 35.8 Å². The van der Waals surface area contributed by atoms with Crippen molar-refractivity contribution in [2.45, 2.75) is 19.4 Å². The van der Waals surface area contributed by atoms with Crippen LogP contribution in [0.3, 0.4) is 0 Å². The molecular weight excluding hydrogens is 242 g/mol. The van der Waals surface area contributed by atoms with Gasteiger partial charge in [0.05, 0.1) is 10.7 Å². The van der Waals surface area contributed by atoms with Crippen molar-refractivity contribution >= 4 is 26.9 Å². The van der Waals surface area contributed by atoms with E-state index in [2.05, 4.69) is 15.9 Å². The second kappa shape index (κ2) is 3.11. The minimum atomic E-state index is -0.369. The molecule has 2 rings (SSSR count). The van der Waals surface area contributed by atoms with Crippen LogP contribution in [0.5, 0.6) is 0 Å². The van der Waals surface area contributed by atoms with E-state index in [0.29, 0.717) is 0 Å². The highest BCUT2D eigenvalue weighted by Crippen LogP contribution is 2.32. The van der Waals surface area contributed by atoms with Crippen LogP contribution in [0, 0.1) is 0 Å². The van der Waals surface area contributed by atoms with E-state index >= 15 is 0 Å². The van der Waals surface area contributed by atoms with Gasteiger partial charge < -0.3 is 10.2 Å². The maximum atomic E-state index is 6.04. The van der Waals surface area contributed by atoms with Crippen molar-refractivity contribution < 1.29 is 4.42 Å². The third-order valence-corrected chi connectivity index (χ3v) is 2.87. The van der Waals surface area contributed by atoms with E-state index < -0.39 is 0 Å². The average molecular weight is 254 g/mol. The number of halogens is 1. The third kappa shape index (κ3) is 1.47. The zero-order valence-corrected chi connectivity index (χ0v) is 9.76. The van der Waals surface area contributed by atoms with Gasteiger partial charge in [0.1, 0.15) is 5.58 Å². The molecule has 1 aromatic heterocycles. The smallest absolute Gasteiger partial charge is 0.148 e. The summed E-state index contributed by atoms with van der Waals surface area (Å²) in [5, 5.41) is 1.08. The maximum Gasteiger partial charge on any atom is 0.148 e. The van der Waals surface area contributed by atoms with E-state index in [1.165, 1.54) is 0 Å². The number of fused-ring (bicyclic) bond motifs is 1. The molecule has 0 bridgehead atoms. The minimum Gasteiger partial charge on any atom is -0.463 e. The molecule has 0 amide bonds. The normalized spacial score (nSPS) is 12.3. The average Bonchev–Trinajstić information content (AvgIpc) is 2.47. The van der Waals surface area contributed by atoms with Crippen molar-refractivity contribution in [2.24, 2.45) is 5.73 Å². The lowest BCUT2D eigenvalue weighted by Gasteiger charge is -2.16. The fourth-order valence-corrected chi connectivity index (χ4v) is 1.98. The fourth-order valence-electron chi connectivity index (χ4n) is 1.52. The van der Waals surface area contributed by atoms with Gasteiger partial charge >= 0.3 is 0 Å². The molecular formula is C11H12BrNO. The highest BCUT2D eigenvalue weighted by Gasteiger charge is 2.20. The summed E-state index contributed by atoms with van der Waals surface area (Å²) in [4.78, 5) is 0. The van der Waals surface area contributed by atoms with E-state index in [-0.39, 0.29) is 5.54 Å². The van der Waals surface area contributed by atoms with Crippen LogP contribution >= 0.6 is 15.9 Å². The van der Waals surface area contributed by atoms with Crippen molar-refractivity contribution in [2.75, 3.05) is 0 Å². The van der Waals surface area contributed by atoms with Crippen molar-refractivity contribution in [1.29, 1.82) is 0 Å². The maximum absolute atomic E-state index is 6.04. The van der Waals surface area contributed by atoms with Crippen LogP contribution in [-0.2, 0) is 5.54 Å². The second-order valence-corrected chi connectivity index (χ2v) is 4.84. The first-order valence-electron chi connectivity index (χ1n) is 4.45. The Bertz CT molecular complexity index is 468. The van der Waals surface area contributed by atoms with E-state index in [9.17, 15) is 0 Å². The lowest BCUT2D eigenvalue weighted by atomic mass is 9.95. The zero-order chi connectivity index (χ0) is 10.3. The van der Waals surface area contributed by atoms with Crippen LogP contribution in [0.25, 0.3) is 11.0 Å². The number of benzene rings is 1. The summed E-state index contributed by atoms with van der Waals surface area (Å²) in [6, 6.07) is 5.96. The molecule has 0 spiro atoms. The highest BCUT2D eigenvalue weighted by atomic mass is 79.9. The monoisotopic (exact) mass is 253 g/mol. The van der Waals surface area contributed by atoms with Gasteiger partial charge in [0.25, 0.3) is 0 Å². The molecule has 0 saturated carbocycles. The largest absolute Gasteiger partial charge is 0.463 e. The van der Waals surface area contributed by atoms with Crippen molar-refractivity contribution in [3.8, 4) is 0 Å². The molecule has 14 heavy (non-hydrogen) atoms. The molecule has 2 N–H and O–H groups in total. The van der Waals surface area contributed by atoms with Gasteiger partial charge in [-0.3, -0.25) is 0 Å². The number of furan rings is 1. The Hall–Kier alpha value is -0.800. The van der Waals surface area contributed by atoms with Gasteiger partial charge in [0, 0.05) is 16.5 Å². The summed E-state index contributed by atoms with van der Waals surface area (Å²) in [6.45, 7) is 3.94. The predicted octanol–water partition coefficient (Wildman–Crippen LogP) is 3.39. The van der Waals surface area contributed by atoms with Gasteiger partial charge in [-0.1, -0.05) is 12.1 Å². The van der Waals surface area contributed by atoms with E-state index in [1.807, 2.05) is 32.0 Å². The Morgan fingerprint density at radius 1 is 1.36 bits per heavy atom. The Labute approximate surface area is 91.2 Å². The highest BCUT2D eigenvalue weighted by molar-refractivity contribution is 9.10. The molecule has 0 aliphatic carbocycles. The molecule has 0 fully saturated rings. The second-order valence-electron chi connectivity index (χ2n) is 3.99. The zero-order valence-electron chi connectivity index (χ0n) is 8.17. The van der Waals surface area contributed by atoms with Crippen molar-refractivity contribution in [3.05, 3.63) is 34.5 Å². The molecule has 1 aromatic carbocycles. The van der Waals surface area contributed by atoms with Crippen molar-refractivity contribution in [1.82, 2.24) is 0 Å². The van der Waals surface area contributed by atoms with E-state index in [4.69, 9.17) is 10.2 Å². The number of rotatable bonds is 1. The van der Waals surface area contributed by atoms with E-state index in [1.54, 1.807) is 6.26 Å². The first kappa shape index (κ1) is 9.74. The molecule has 0 atom stereocenters. The quantitative estimate of drug-likeness (QED) is 0.847. The summed E-state index contributed by atoms with van der Waals surface area (Å²) < 4.78 is 6.44. The Morgan fingerprint density at radius 2 is 2.07 bits per heavy atom. The van der Waals surface area contributed by atoms with Gasteiger partial charge in [0.2, 0.25) is 0 Å². The van der Waals surface area contributed by atoms with Gasteiger partial charge in [-0.2, -0.15) is 0 Å². The number of para-hydroxylation sites is 1. The molecule has 0 saturated heterocycles. The standard InChI is InChI=1S/C11H12BrNO/c1-11(2,13)8-6-14-10-7(8)4-3-5-9(10)12/h3-6H,13H2,1-2H3. The molecule has 2 nitrogen and oxygen atoms in total. The van der Waals surface area contributed by atoms with Crippen LogP contribution in [0.4, 0.5) is 0 Å². The fraction of sp³-hybridized carbons (Fsp3) is 0.273.